The maximum Gasteiger partial charge on any atom is 0.276 e. The largest absolute Gasteiger partial charge is 0.467 e. The molecule has 0 aliphatic carbocycles. The highest BCUT2D eigenvalue weighted by atomic mass is 32.1. The van der Waals surface area contributed by atoms with E-state index in [0.29, 0.717) is 12.1 Å². The average molecular weight is 269 g/mol. The molecule has 4 nitrogen and oxygen atoms in total. The standard InChI is InChI=1S/C11H15N3OS2/c1-7-5-8(3-4-14(7)2)15-11-13-10-9(17-11)12-6-16-10/h6-8H,3-5H2,1-2H3/t7-,8+/m0/s1. The van der Waals surface area contributed by atoms with Crippen LogP contribution in [-0.4, -0.2) is 40.6 Å². The summed E-state index contributed by atoms with van der Waals surface area (Å²) < 4.78 is 5.96. The van der Waals surface area contributed by atoms with Gasteiger partial charge in [0.1, 0.15) is 6.10 Å². The molecule has 1 fully saturated rings. The highest BCUT2D eigenvalue weighted by molar-refractivity contribution is 7.26. The van der Waals surface area contributed by atoms with Crippen LogP contribution < -0.4 is 4.74 Å². The van der Waals surface area contributed by atoms with E-state index in [9.17, 15) is 0 Å². The second kappa shape index (κ2) is 4.51. The molecule has 1 aliphatic heterocycles. The van der Waals surface area contributed by atoms with Crippen LogP contribution in [0.25, 0.3) is 9.66 Å². The van der Waals surface area contributed by atoms with E-state index in [1.165, 1.54) is 0 Å². The molecule has 2 atom stereocenters. The van der Waals surface area contributed by atoms with Gasteiger partial charge in [-0.2, -0.15) is 4.98 Å². The van der Waals surface area contributed by atoms with E-state index in [0.717, 1.165) is 34.2 Å². The van der Waals surface area contributed by atoms with Gasteiger partial charge in [0.15, 0.2) is 9.66 Å². The Hall–Kier alpha value is -0.720. The van der Waals surface area contributed by atoms with Gasteiger partial charge in [0.25, 0.3) is 5.19 Å². The molecule has 0 amide bonds. The van der Waals surface area contributed by atoms with Crippen molar-refractivity contribution in [2.75, 3.05) is 13.6 Å². The molecule has 3 rings (SSSR count). The fraction of sp³-hybridized carbons (Fsp3) is 0.636. The van der Waals surface area contributed by atoms with Crippen molar-refractivity contribution in [3.8, 4) is 5.19 Å². The minimum Gasteiger partial charge on any atom is -0.467 e. The Morgan fingerprint density at radius 3 is 3.12 bits per heavy atom. The summed E-state index contributed by atoms with van der Waals surface area (Å²) >= 11 is 3.12. The van der Waals surface area contributed by atoms with Crippen LogP contribution in [0.5, 0.6) is 5.19 Å². The molecule has 1 aliphatic rings. The average Bonchev–Trinajstić information content (AvgIpc) is 2.84. The van der Waals surface area contributed by atoms with Crippen molar-refractivity contribution in [2.45, 2.75) is 31.9 Å². The van der Waals surface area contributed by atoms with Crippen LogP contribution in [0, 0.1) is 0 Å². The van der Waals surface area contributed by atoms with Crippen LogP contribution in [0.15, 0.2) is 5.51 Å². The molecule has 1 saturated heterocycles. The molecule has 0 bridgehead atoms. The molecule has 0 aromatic carbocycles. The van der Waals surface area contributed by atoms with Gasteiger partial charge in [0.2, 0.25) is 0 Å². The predicted molar refractivity (Wildman–Crippen MR) is 71.0 cm³/mol. The third-order valence-corrected chi connectivity index (χ3v) is 5.02. The van der Waals surface area contributed by atoms with E-state index in [4.69, 9.17) is 4.74 Å². The van der Waals surface area contributed by atoms with Gasteiger partial charge >= 0.3 is 0 Å². The minimum atomic E-state index is 0.307. The molecule has 0 saturated carbocycles. The molecular formula is C11H15N3OS2. The number of nitrogens with zero attached hydrogens (tertiary/aromatic N) is 3. The Morgan fingerprint density at radius 2 is 2.35 bits per heavy atom. The summed E-state index contributed by atoms with van der Waals surface area (Å²) in [6.45, 7) is 3.35. The SMILES string of the molecule is C[C@H]1C[C@H](Oc2nc3scnc3s2)CCN1C. The van der Waals surface area contributed by atoms with E-state index in [1.54, 1.807) is 22.7 Å². The zero-order valence-electron chi connectivity index (χ0n) is 9.92. The van der Waals surface area contributed by atoms with Crippen molar-refractivity contribution in [1.29, 1.82) is 0 Å². The molecule has 0 N–H and O–H groups in total. The molecule has 6 heteroatoms. The van der Waals surface area contributed by atoms with E-state index in [2.05, 4.69) is 28.8 Å². The summed E-state index contributed by atoms with van der Waals surface area (Å²) in [7, 11) is 2.17. The first-order valence-corrected chi connectivity index (χ1v) is 7.49. The fourth-order valence-corrected chi connectivity index (χ4v) is 3.77. The molecule has 2 aromatic heterocycles. The third-order valence-electron chi connectivity index (χ3n) is 3.32. The number of hydrogen-bond acceptors (Lipinski definition) is 6. The number of ether oxygens (including phenoxy) is 1. The normalized spacial score (nSPS) is 26.5. The van der Waals surface area contributed by atoms with Crippen LogP contribution in [0.2, 0.25) is 0 Å². The molecule has 17 heavy (non-hydrogen) atoms. The van der Waals surface area contributed by atoms with E-state index >= 15 is 0 Å². The lowest BCUT2D eigenvalue weighted by Crippen LogP contribution is -2.41. The van der Waals surface area contributed by atoms with Gasteiger partial charge in [0.05, 0.1) is 5.51 Å². The first kappa shape index (κ1) is 11.4. The van der Waals surface area contributed by atoms with Crippen LogP contribution in [0.4, 0.5) is 0 Å². The molecule has 0 spiro atoms. The van der Waals surface area contributed by atoms with E-state index in [-0.39, 0.29) is 0 Å². The van der Waals surface area contributed by atoms with Gasteiger partial charge in [0, 0.05) is 12.6 Å². The molecule has 92 valence electrons. The number of hydrogen-bond donors (Lipinski definition) is 0. The Balaban J connectivity index is 1.69. The maximum absolute atomic E-state index is 5.96. The number of fused-ring (bicyclic) bond motifs is 1. The van der Waals surface area contributed by atoms with Crippen LogP contribution >= 0.6 is 22.7 Å². The van der Waals surface area contributed by atoms with Gasteiger partial charge in [-0.25, -0.2) is 4.98 Å². The third kappa shape index (κ3) is 2.29. The van der Waals surface area contributed by atoms with Crippen molar-refractivity contribution >= 4 is 32.3 Å². The van der Waals surface area contributed by atoms with Crippen LogP contribution in [-0.2, 0) is 0 Å². The van der Waals surface area contributed by atoms with E-state index in [1.807, 2.05) is 5.51 Å². The maximum atomic E-state index is 5.96. The fourth-order valence-electron chi connectivity index (χ4n) is 2.11. The predicted octanol–water partition coefficient (Wildman–Crippen LogP) is 2.61. The lowest BCUT2D eigenvalue weighted by atomic mass is 10.0. The Kier molecular flexibility index (Phi) is 3.02. The second-order valence-corrected chi connectivity index (χ2v) is 6.31. The second-order valence-electron chi connectivity index (χ2n) is 4.54. The molecule has 3 heterocycles. The highest BCUT2D eigenvalue weighted by Gasteiger charge is 2.25. The highest BCUT2D eigenvalue weighted by Crippen LogP contribution is 2.31. The van der Waals surface area contributed by atoms with E-state index < -0.39 is 0 Å². The number of thiazole rings is 2. The van der Waals surface area contributed by atoms with Crippen molar-refractivity contribution < 1.29 is 4.74 Å². The van der Waals surface area contributed by atoms with Gasteiger partial charge in [-0.05, 0) is 26.8 Å². The number of piperidine rings is 1. The zero-order chi connectivity index (χ0) is 11.8. The summed E-state index contributed by atoms with van der Waals surface area (Å²) in [5.74, 6) is 0. The summed E-state index contributed by atoms with van der Waals surface area (Å²) in [6, 6.07) is 0.591. The number of aromatic nitrogens is 2. The Bertz CT molecular complexity index is 481. The summed E-state index contributed by atoms with van der Waals surface area (Å²) in [5, 5.41) is 0.779. The quantitative estimate of drug-likeness (QED) is 0.840. The topological polar surface area (TPSA) is 38.3 Å². The van der Waals surface area contributed by atoms with Crippen molar-refractivity contribution in [3.05, 3.63) is 5.51 Å². The Labute approximate surface area is 108 Å². The molecule has 2 aromatic rings. The van der Waals surface area contributed by atoms with Gasteiger partial charge in [-0.15, -0.1) is 11.3 Å². The van der Waals surface area contributed by atoms with Gasteiger partial charge in [-0.3, -0.25) is 0 Å². The number of rotatable bonds is 2. The first-order chi connectivity index (χ1) is 8.22. The molecule has 0 unspecified atom stereocenters. The monoisotopic (exact) mass is 269 g/mol. The van der Waals surface area contributed by atoms with Crippen molar-refractivity contribution in [3.63, 3.8) is 0 Å². The van der Waals surface area contributed by atoms with Gasteiger partial charge in [-0.1, -0.05) is 11.3 Å². The lowest BCUT2D eigenvalue weighted by molar-refractivity contribution is 0.0791. The molecular weight excluding hydrogens is 254 g/mol. The smallest absolute Gasteiger partial charge is 0.276 e. The minimum absolute atomic E-state index is 0.307. The summed E-state index contributed by atoms with van der Waals surface area (Å²) in [4.78, 5) is 13.1. The van der Waals surface area contributed by atoms with Crippen LogP contribution in [0.1, 0.15) is 19.8 Å². The van der Waals surface area contributed by atoms with Crippen LogP contribution in [0.3, 0.4) is 0 Å². The number of likely N-dealkylation sites (tertiary alicyclic amines) is 1. The summed E-state index contributed by atoms with van der Waals surface area (Å²) in [6.07, 6.45) is 2.47. The van der Waals surface area contributed by atoms with Gasteiger partial charge < -0.3 is 9.64 Å². The first-order valence-electron chi connectivity index (χ1n) is 5.79. The summed E-state index contributed by atoms with van der Waals surface area (Å²) in [5.41, 5.74) is 1.83. The van der Waals surface area contributed by atoms with Crippen molar-refractivity contribution in [2.24, 2.45) is 0 Å². The molecule has 0 radical (unpaired) electrons. The Morgan fingerprint density at radius 1 is 1.47 bits per heavy atom. The zero-order valence-corrected chi connectivity index (χ0v) is 11.6. The van der Waals surface area contributed by atoms with Crippen molar-refractivity contribution in [1.82, 2.24) is 14.9 Å². The lowest BCUT2D eigenvalue weighted by Gasteiger charge is -2.34.